The van der Waals surface area contributed by atoms with Gasteiger partial charge in [-0.15, -0.1) is 16.4 Å². The largest absolute Gasteiger partial charge is 0.225 e. The fourth-order valence-electron chi connectivity index (χ4n) is 5.15. The van der Waals surface area contributed by atoms with Crippen LogP contribution in [0.2, 0.25) is 0 Å². The van der Waals surface area contributed by atoms with Gasteiger partial charge < -0.3 is 0 Å². The minimum Gasteiger partial charge on any atom is -0.225 e. The fourth-order valence-corrected chi connectivity index (χ4v) is 6.41. The maximum Gasteiger partial charge on any atom is 0.167 e. The molecule has 0 spiro atoms. The number of benzene rings is 1. The van der Waals surface area contributed by atoms with Gasteiger partial charge in [0.05, 0.1) is 5.39 Å². The number of aryl methyl sites for hydroxylation is 2. The maximum atomic E-state index is 5.06. The van der Waals surface area contributed by atoms with Gasteiger partial charge in [-0.1, -0.05) is 50.6 Å². The van der Waals surface area contributed by atoms with Crippen LogP contribution in [0.4, 0.5) is 0 Å². The van der Waals surface area contributed by atoms with E-state index < -0.39 is 0 Å². The molecule has 154 valence electrons. The highest BCUT2D eigenvalue weighted by atomic mass is 32.1. The van der Waals surface area contributed by atoms with Gasteiger partial charge in [-0.05, 0) is 61.0 Å². The van der Waals surface area contributed by atoms with Gasteiger partial charge in [-0.3, -0.25) is 0 Å². The van der Waals surface area contributed by atoms with Crippen molar-refractivity contribution in [3.8, 4) is 0 Å². The van der Waals surface area contributed by atoms with Gasteiger partial charge in [0.15, 0.2) is 11.5 Å². The van der Waals surface area contributed by atoms with Crippen LogP contribution in [0.5, 0.6) is 0 Å². The molecule has 2 aliphatic carbocycles. The van der Waals surface area contributed by atoms with E-state index in [-0.39, 0.29) is 0 Å². The van der Waals surface area contributed by atoms with Gasteiger partial charge >= 0.3 is 0 Å². The van der Waals surface area contributed by atoms with Crippen LogP contribution in [0.25, 0.3) is 15.9 Å². The SMILES string of the molecule is Cc1ccc(C2CC2c2nc3c4c5c(sc4ncn3n2)CC(C(C)(C)C)CC5)cc1. The lowest BCUT2D eigenvalue weighted by molar-refractivity contribution is 0.218. The zero-order valence-corrected chi connectivity index (χ0v) is 19.0. The molecule has 3 heterocycles. The normalized spacial score (nSPS) is 23.8. The van der Waals surface area contributed by atoms with Gasteiger partial charge in [-0.2, -0.15) is 0 Å². The van der Waals surface area contributed by atoms with Crippen molar-refractivity contribution < 1.29 is 0 Å². The second kappa shape index (κ2) is 6.36. The van der Waals surface area contributed by atoms with E-state index in [2.05, 4.69) is 52.0 Å². The summed E-state index contributed by atoms with van der Waals surface area (Å²) in [7, 11) is 0. The van der Waals surface area contributed by atoms with E-state index in [9.17, 15) is 0 Å². The Balaban J connectivity index is 1.37. The molecule has 30 heavy (non-hydrogen) atoms. The molecule has 1 fully saturated rings. The summed E-state index contributed by atoms with van der Waals surface area (Å²) in [5.74, 6) is 2.71. The van der Waals surface area contributed by atoms with Crippen LogP contribution in [0.1, 0.15) is 72.8 Å². The molecule has 0 amide bonds. The first-order chi connectivity index (χ1) is 14.4. The van der Waals surface area contributed by atoms with Gasteiger partial charge in [0.25, 0.3) is 0 Å². The van der Waals surface area contributed by atoms with Crippen LogP contribution in [0.15, 0.2) is 30.6 Å². The molecule has 2 aliphatic rings. The highest BCUT2D eigenvalue weighted by Crippen LogP contribution is 2.54. The summed E-state index contributed by atoms with van der Waals surface area (Å²) < 4.78 is 1.92. The van der Waals surface area contributed by atoms with E-state index in [1.165, 1.54) is 39.8 Å². The third-order valence-corrected chi connectivity index (χ3v) is 8.42. The van der Waals surface area contributed by atoms with Crippen LogP contribution < -0.4 is 0 Å². The predicted molar refractivity (Wildman–Crippen MR) is 122 cm³/mol. The van der Waals surface area contributed by atoms with E-state index in [0.717, 1.165) is 35.1 Å². The third kappa shape index (κ3) is 2.89. The molecule has 3 aromatic heterocycles. The Kier molecular flexibility index (Phi) is 3.92. The van der Waals surface area contributed by atoms with Crippen LogP contribution in [0.3, 0.4) is 0 Å². The molecule has 1 aromatic carbocycles. The molecule has 0 saturated heterocycles. The van der Waals surface area contributed by atoms with E-state index in [4.69, 9.17) is 15.1 Å². The van der Waals surface area contributed by atoms with E-state index in [1.807, 2.05) is 22.2 Å². The quantitative estimate of drug-likeness (QED) is 0.398. The minimum absolute atomic E-state index is 0.357. The zero-order chi connectivity index (χ0) is 20.6. The Morgan fingerprint density at radius 2 is 1.90 bits per heavy atom. The van der Waals surface area contributed by atoms with E-state index >= 15 is 0 Å². The molecular weight excluding hydrogens is 388 g/mol. The lowest BCUT2D eigenvalue weighted by Gasteiger charge is -2.33. The summed E-state index contributed by atoms with van der Waals surface area (Å²) in [6, 6.07) is 8.93. The minimum atomic E-state index is 0.357. The van der Waals surface area contributed by atoms with Crippen LogP contribution in [-0.4, -0.2) is 19.6 Å². The number of fused-ring (bicyclic) bond motifs is 5. The number of aromatic nitrogens is 4. The predicted octanol–water partition coefficient (Wildman–Crippen LogP) is 6.07. The van der Waals surface area contributed by atoms with Crippen molar-refractivity contribution in [3.63, 3.8) is 0 Å². The lowest BCUT2D eigenvalue weighted by Crippen LogP contribution is -2.26. The Hall–Kier alpha value is -2.27. The average Bonchev–Trinajstić information content (AvgIpc) is 3.24. The van der Waals surface area contributed by atoms with Crippen LogP contribution in [0, 0.1) is 18.3 Å². The standard InChI is InChI=1S/C25H28N4S/c1-14-5-7-15(8-6-14)18-12-19(18)22-27-23-21-17-10-9-16(25(2,3)4)11-20(17)30-24(21)26-13-29(23)28-22/h5-8,13,16,18-19H,9-12H2,1-4H3. The first kappa shape index (κ1) is 18.5. The molecule has 4 aromatic rings. The second-order valence-corrected chi connectivity index (χ2v) is 11.4. The number of thiophene rings is 1. The van der Waals surface area contributed by atoms with Crippen LogP contribution in [-0.2, 0) is 12.8 Å². The molecule has 0 aliphatic heterocycles. The lowest BCUT2D eigenvalue weighted by atomic mass is 9.72. The van der Waals surface area contributed by atoms with Crippen molar-refractivity contribution in [2.45, 2.75) is 65.2 Å². The average molecular weight is 417 g/mol. The number of rotatable bonds is 2. The second-order valence-electron chi connectivity index (χ2n) is 10.3. The summed E-state index contributed by atoms with van der Waals surface area (Å²) >= 11 is 1.87. The van der Waals surface area contributed by atoms with E-state index in [0.29, 0.717) is 17.3 Å². The van der Waals surface area contributed by atoms with Crippen molar-refractivity contribution >= 4 is 27.2 Å². The smallest absolute Gasteiger partial charge is 0.167 e. The third-order valence-electron chi connectivity index (χ3n) is 7.25. The molecule has 3 atom stereocenters. The Labute approximate surface area is 181 Å². The first-order valence-electron chi connectivity index (χ1n) is 11.1. The molecular formula is C25H28N4S. The molecule has 0 N–H and O–H groups in total. The molecule has 0 radical (unpaired) electrons. The number of hydrogen-bond acceptors (Lipinski definition) is 4. The van der Waals surface area contributed by atoms with Crippen molar-refractivity contribution in [2.75, 3.05) is 0 Å². The first-order valence-corrected chi connectivity index (χ1v) is 11.9. The van der Waals surface area contributed by atoms with Gasteiger partial charge in [0, 0.05) is 10.8 Å². The zero-order valence-electron chi connectivity index (χ0n) is 18.1. The summed E-state index contributed by atoms with van der Waals surface area (Å²) in [5, 5.41) is 6.11. The van der Waals surface area contributed by atoms with Crippen molar-refractivity contribution in [2.24, 2.45) is 11.3 Å². The number of hydrogen-bond donors (Lipinski definition) is 0. The summed E-state index contributed by atoms with van der Waals surface area (Å²) in [4.78, 5) is 12.5. The van der Waals surface area contributed by atoms with Crippen molar-refractivity contribution in [3.05, 3.63) is 58.0 Å². The highest BCUT2D eigenvalue weighted by molar-refractivity contribution is 7.19. The molecule has 4 nitrogen and oxygen atoms in total. The van der Waals surface area contributed by atoms with Gasteiger partial charge in [-0.25, -0.2) is 14.5 Å². The van der Waals surface area contributed by atoms with Gasteiger partial charge in [0.1, 0.15) is 11.2 Å². The summed E-state index contributed by atoms with van der Waals surface area (Å²) in [6.45, 7) is 9.26. The van der Waals surface area contributed by atoms with E-state index in [1.54, 1.807) is 0 Å². The Morgan fingerprint density at radius 3 is 2.67 bits per heavy atom. The summed E-state index contributed by atoms with van der Waals surface area (Å²) in [6.07, 6.45) is 6.57. The Morgan fingerprint density at radius 1 is 1.10 bits per heavy atom. The number of nitrogens with zero attached hydrogens (tertiary/aromatic N) is 4. The van der Waals surface area contributed by atoms with Crippen molar-refractivity contribution in [1.82, 2.24) is 19.6 Å². The molecule has 1 saturated carbocycles. The monoisotopic (exact) mass is 416 g/mol. The van der Waals surface area contributed by atoms with Crippen molar-refractivity contribution in [1.29, 1.82) is 0 Å². The van der Waals surface area contributed by atoms with Gasteiger partial charge in [0.2, 0.25) is 0 Å². The highest BCUT2D eigenvalue weighted by Gasteiger charge is 2.42. The molecule has 5 heteroatoms. The topological polar surface area (TPSA) is 43.1 Å². The maximum absolute atomic E-state index is 5.06. The Bertz CT molecular complexity index is 1260. The summed E-state index contributed by atoms with van der Waals surface area (Å²) in [5.41, 5.74) is 5.57. The molecule has 0 bridgehead atoms. The van der Waals surface area contributed by atoms with Crippen LogP contribution >= 0.6 is 11.3 Å². The fraction of sp³-hybridized carbons (Fsp3) is 0.480. The molecule has 3 unspecified atom stereocenters. The molecule has 6 rings (SSSR count).